The van der Waals surface area contributed by atoms with Crippen LogP contribution in [0, 0.1) is 12.8 Å². The number of halogens is 5. The lowest BCUT2D eigenvalue weighted by Gasteiger charge is -2.17. The van der Waals surface area contributed by atoms with Crippen molar-refractivity contribution in [3.05, 3.63) is 163 Å². The zero-order valence-electron chi connectivity index (χ0n) is 82.7. The number of hydrogen-bond donors (Lipinski definition) is 3. The van der Waals surface area contributed by atoms with Gasteiger partial charge in [-0.1, -0.05) is 92.6 Å². The van der Waals surface area contributed by atoms with E-state index in [0.717, 1.165) is 115 Å². The van der Waals surface area contributed by atoms with E-state index in [1.807, 2.05) is 201 Å². The molecule has 15 aromatic rings. The van der Waals surface area contributed by atoms with Gasteiger partial charge >= 0.3 is 0 Å². The summed E-state index contributed by atoms with van der Waals surface area (Å²) in [6, 6.07) is 30.0. The highest BCUT2D eigenvalue weighted by Gasteiger charge is 2.27. The molecule has 1 aliphatic heterocycles. The minimum Gasteiger partial charge on any atom is -0.495 e. The molecule has 5 aromatic carbocycles. The summed E-state index contributed by atoms with van der Waals surface area (Å²) >= 11 is 36.2. The number of benzene rings is 5. The molecular formula is C104H124Cl5N15O12S2. The Morgan fingerprint density at radius 3 is 1.10 bits per heavy atom. The molecule has 0 radical (unpaired) electrons. The Bertz CT molecular complexity index is 6630. The highest BCUT2D eigenvalue weighted by molar-refractivity contribution is 7.14. The number of methoxy groups -OCH3 is 2. The van der Waals surface area contributed by atoms with Gasteiger partial charge in [0.05, 0.1) is 126 Å². The van der Waals surface area contributed by atoms with E-state index in [4.69, 9.17) is 139 Å². The van der Waals surface area contributed by atoms with Crippen LogP contribution < -0.4 is 63.3 Å². The second-order valence-corrected chi connectivity index (χ2v) is 39.3. The van der Waals surface area contributed by atoms with Gasteiger partial charge in [0.25, 0.3) is 12.0 Å². The fourth-order valence-corrected chi connectivity index (χ4v) is 17.5. The second-order valence-electron chi connectivity index (χ2n) is 35.7. The van der Waals surface area contributed by atoms with Crippen LogP contribution in [0.2, 0.25) is 25.1 Å². The van der Waals surface area contributed by atoms with E-state index in [-0.39, 0.29) is 42.6 Å². The van der Waals surface area contributed by atoms with Crippen molar-refractivity contribution in [1.82, 2.24) is 59.7 Å². The van der Waals surface area contributed by atoms with E-state index in [1.54, 1.807) is 67.9 Å². The van der Waals surface area contributed by atoms with Crippen molar-refractivity contribution in [3.8, 4) is 114 Å². The lowest BCUT2D eigenvalue weighted by atomic mass is 10.1. The van der Waals surface area contributed by atoms with Crippen LogP contribution in [0.5, 0.6) is 57.5 Å². The lowest BCUT2D eigenvalue weighted by molar-refractivity contribution is 0.234. The van der Waals surface area contributed by atoms with E-state index in [2.05, 4.69) is 97.7 Å². The predicted octanol–water partition coefficient (Wildman–Crippen LogP) is 28.6. The highest BCUT2D eigenvalue weighted by Crippen LogP contribution is 2.46. The Labute approximate surface area is 840 Å². The standard InChI is InChI=1S/C25H33ClN4O2S.C21H26ClN3O3.C21H25ClN2O2S.C19H22ClN3O3.C18H18ClN3O2/c1-15(2)27-25-29-20(14-33-25)19-12-22(32-16(3)4)18-6-7-21(23(26)24(18)28-19)31-11-10-30-9-8-17(5)13-30;1-6-9-26-17-8-7-14-18(28-13(4)5)10-15(24-20(14)19(17)22)16-11-27-21(25-16)23-12(2)3;1-6-9-25-17-8-7-14-18(26-13(4)5)10-15(23-20(14)19(17)22)21-24-16(11-27-21)12(2)3;1-10(2)21-19-23-14(9-25-19)13-8-16(26-11(3)4)12-6-7-15(24-5)17(20)18(12)22-13;1-10(2)24-16-7-13(14-9-20-8-11(3)21-14)22-18-12(16)5-6-15(23-4)17(18)19/h6-7,12,14-17H,8-11,13H2,1-5H3,(H,27,29);7-8,10-13H,6,9H2,1-5H3,(H,23,25);7-8,10-13H,6,9H2,1-5H3;6-11H,1-5H3,(H,21,23);5-10H,1-4H3/t17-;;;;/m1..../s1. The van der Waals surface area contributed by atoms with Crippen LogP contribution >= 0.6 is 80.7 Å². The van der Waals surface area contributed by atoms with Crippen molar-refractivity contribution in [2.75, 3.05) is 69.6 Å². The summed E-state index contributed by atoms with van der Waals surface area (Å²) in [6.07, 6.45) is 9.68. The monoisotopic (exact) mass is 2010 g/mol. The van der Waals surface area contributed by atoms with E-state index < -0.39 is 0 Å². The molecule has 10 aromatic heterocycles. The van der Waals surface area contributed by atoms with E-state index >= 15 is 0 Å². The van der Waals surface area contributed by atoms with E-state index in [0.29, 0.717) is 177 Å². The smallest absolute Gasteiger partial charge is 0.295 e. The molecule has 3 N–H and O–H groups in total. The zero-order chi connectivity index (χ0) is 99.5. The van der Waals surface area contributed by atoms with Crippen LogP contribution in [0.25, 0.3) is 111 Å². The average molecular weight is 2020 g/mol. The maximum atomic E-state index is 6.82. The number of hydrogen-bond acceptors (Lipinski definition) is 29. The molecule has 734 valence electrons. The molecule has 0 aliphatic carbocycles. The van der Waals surface area contributed by atoms with Crippen molar-refractivity contribution in [1.29, 1.82) is 0 Å². The number of pyridine rings is 5. The molecule has 1 aliphatic rings. The first-order chi connectivity index (χ1) is 66.0. The number of oxazole rings is 2. The third-order valence-electron chi connectivity index (χ3n) is 20.5. The van der Waals surface area contributed by atoms with Crippen molar-refractivity contribution >= 4 is 152 Å². The van der Waals surface area contributed by atoms with Gasteiger partial charge in [0.15, 0.2) is 5.13 Å². The van der Waals surface area contributed by atoms with Crippen molar-refractivity contribution < 1.29 is 56.2 Å². The first-order valence-electron chi connectivity index (χ1n) is 46.6. The minimum absolute atomic E-state index is 0.00345. The number of anilines is 3. The topological polar surface area (TPSA) is 300 Å². The molecular weight excluding hydrogens is 1890 g/mol. The second kappa shape index (κ2) is 49.0. The summed E-state index contributed by atoms with van der Waals surface area (Å²) in [6.45, 7) is 49.7. The van der Waals surface area contributed by atoms with Crippen LogP contribution in [0.1, 0.15) is 182 Å². The number of rotatable bonds is 34. The first kappa shape index (κ1) is 106. The largest absolute Gasteiger partial charge is 0.495 e. The van der Waals surface area contributed by atoms with Gasteiger partial charge < -0.3 is 72.2 Å². The quantitative estimate of drug-likeness (QED) is 0.0337. The summed E-state index contributed by atoms with van der Waals surface area (Å²) < 4.78 is 69.3. The van der Waals surface area contributed by atoms with Gasteiger partial charge in [0, 0.05) is 105 Å². The van der Waals surface area contributed by atoms with Gasteiger partial charge in [-0.2, -0.15) is 9.97 Å². The average Bonchev–Trinajstić information content (AvgIpc) is 0.994. The predicted molar refractivity (Wildman–Crippen MR) is 562 cm³/mol. The van der Waals surface area contributed by atoms with Crippen LogP contribution in [0.3, 0.4) is 0 Å². The number of likely N-dealkylation sites (tertiary alicyclic amines) is 1. The third-order valence-corrected chi connectivity index (χ3v) is 24.0. The van der Waals surface area contributed by atoms with Gasteiger partial charge in [-0.15, -0.1) is 22.7 Å². The maximum Gasteiger partial charge on any atom is 0.295 e. The molecule has 0 spiro atoms. The summed E-state index contributed by atoms with van der Waals surface area (Å²) in [5.74, 6) is 7.76. The van der Waals surface area contributed by atoms with Gasteiger partial charge in [-0.05, 0) is 216 Å². The Morgan fingerprint density at radius 1 is 0.391 bits per heavy atom. The van der Waals surface area contributed by atoms with Gasteiger partial charge in [-0.3, -0.25) is 9.88 Å². The molecule has 138 heavy (non-hydrogen) atoms. The molecule has 0 unspecified atom stereocenters. The van der Waals surface area contributed by atoms with E-state index in [1.165, 1.54) is 6.42 Å². The molecule has 16 rings (SSSR count). The third kappa shape index (κ3) is 27.7. The minimum atomic E-state index is 0.00345. The number of nitrogens with one attached hydrogen (secondary N) is 3. The molecule has 1 atom stereocenters. The van der Waals surface area contributed by atoms with Crippen molar-refractivity contribution in [2.45, 2.75) is 226 Å². The fraction of sp³-hybridized carbons (Fsp3) is 0.413. The SMILES string of the molecule is CC(C)Nc1nc(-c2cc(OC(C)C)c3ccc(OCCN4CC[C@@H](C)C4)c(Cl)c3n2)cs1.CCCOc1ccc2c(OC(C)C)cc(-c3coc(NC(C)C)n3)nc2c1Cl.CCCOc1ccc2c(OC(C)C)cc(-c3nc(C(C)C)cs3)nc2c1Cl.COc1ccc2c(OC(C)C)cc(-c3cncc(C)n3)nc2c1Cl.COc1ccc2c(OC(C)C)cc(-c3coc(NC(C)C)n3)nc2c1Cl. The van der Waals surface area contributed by atoms with Gasteiger partial charge in [-0.25, -0.2) is 39.9 Å². The number of aryl methyl sites for hydroxylation is 1. The van der Waals surface area contributed by atoms with Crippen molar-refractivity contribution in [3.63, 3.8) is 0 Å². The summed E-state index contributed by atoms with van der Waals surface area (Å²) in [7, 11) is 3.15. The Hall–Kier alpha value is -11.3. The lowest BCUT2D eigenvalue weighted by Crippen LogP contribution is -2.26. The normalized spacial score (nSPS) is 12.7. The maximum absolute atomic E-state index is 6.82. The Morgan fingerprint density at radius 2 is 0.754 bits per heavy atom. The Kier molecular flexibility index (Phi) is 37.5. The molecule has 11 heterocycles. The molecule has 1 fully saturated rings. The van der Waals surface area contributed by atoms with Crippen LogP contribution in [-0.2, 0) is 0 Å². The summed E-state index contributed by atoms with van der Waals surface area (Å²) in [5, 5.41) is 22.0. The zero-order valence-corrected chi connectivity index (χ0v) is 88.1. The summed E-state index contributed by atoms with van der Waals surface area (Å²) in [5.41, 5.74) is 11.1. The number of aromatic nitrogens is 11. The van der Waals surface area contributed by atoms with Gasteiger partial charge in [0.1, 0.15) is 135 Å². The molecule has 0 saturated carbocycles. The van der Waals surface area contributed by atoms with Crippen LogP contribution in [-0.4, -0.2) is 162 Å². The van der Waals surface area contributed by atoms with Gasteiger partial charge in [0.2, 0.25) is 0 Å². The molecule has 1 saturated heterocycles. The van der Waals surface area contributed by atoms with Crippen molar-refractivity contribution in [2.24, 2.45) is 5.92 Å². The fourth-order valence-electron chi connectivity index (χ4n) is 14.4. The number of nitrogens with zero attached hydrogens (tertiary/aromatic N) is 12. The molecule has 0 bridgehead atoms. The van der Waals surface area contributed by atoms with E-state index in [9.17, 15) is 0 Å². The molecule has 34 heteroatoms. The van der Waals surface area contributed by atoms with Crippen LogP contribution in [0.15, 0.2) is 136 Å². The molecule has 27 nitrogen and oxygen atoms in total. The first-order valence-corrected chi connectivity index (χ1v) is 50.2. The number of thiazole rings is 2. The number of ether oxygens (including phenoxy) is 10. The summed E-state index contributed by atoms with van der Waals surface area (Å²) in [4.78, 5) is 53.2. The van der Waals surface area contributed by atoms with Crippen LogP contribution in [0.4, 0.5) is 17.2 Å². The highest BCUT2D eigenvalue weighted by atomic mass is 35.5. The Balaban J connectivity index is 0.000000155. The number of fused-ring (bicyclic) bond motifs is 5. The molecule has 0 amide bonds.